The van der Waals surface area contributed by atoms with Gasteiger partial charge in [0, 0.05) is 16.3 Å². The van der Waals surface area contributed by atoms with Gasteiger partial charge in [-0.2, -0.15) is 0 Å². The zero-order valence-electron chi connectivity index (χ0n) is 15.0. The van der Waals surface area contributed by atoms with Crippen molar-refractivity contribution in [2.24, 2.45) is 0 Å². The van der Waals surface area contributed by atoms with E-state index in [1.165, 1.54) is 33.0 Å². The molecule has 1 heteroatoms. The molecule has 0 fully saturated rings. The van der Waals surface area contributed by atoms with Gasteiger partial charge in [0.15, 0.2) is 0 Å². The summed E-state index contributed by atoms with van der Waals surface area (Å²) in [6, 6.07) is 36.3. The van der Waals surface area contributed by atoms with Gasteiger partial charge in [-0.25, -0.2) is 4.98 Å². The Bertz CT molecular complexity index is 1190. The second-order valence-corrected chi connectivity index (χ2v) is 6.84. The number of hydrogen-bond donors (Lipinski definition) is 0. The Hall–Kier alpha value is -3.45. The summed E-state index contributed by atoms with van der Waals surface area (Å²) in [5.74, 6) is 0. The number of pyridine rings is 1. The van der Waals surface area contributed by atoms with Gasteiger partial charge in [-0.3, -0.25) is 0 Å². The van der Waals surface area contributed by atoms with Crippen molar-refractivity contribution in [2.75, 3.05) is 0 Å². The van der Waals surface area contributed by atoms with Crippen molar-refractivity contribution in [2.45, 2.75) is 6.42 Å². The van der Waals surface area contributed by atoms with Crippen molar-refractivity contribution >= 4 is 21.8 Å². The molecule has 27 heavy (non-hydrogen) atoms. The molecule has 0 aliphatic rings. The molecule has 5 rings (SSSR count). The van der Waals surface area contributed by atoms with Gasteiger partial charge in [-0.05, 0) is 35.2 Å². The van der Waals surface area contributed by atoms with Gasteiger partial charge in [0.25, 0.3) is 0 Å². The predicted octanol–water partition coefficient (Wildman–Crippen LogP) is 6.65. The van der Waals surface area contributed by atoms with Crippen LogP contribution in [-0.4, -0.2) is 4.98 Å². The van der Waals surface area contributed by atoms with Gasteiger partial charge in [0.05, 0.1) is 11.0 Å². The van der Waals surface area contributed by atoms with Gasteiger partial charge in [0.2, 0.25) is 0 Å². The third kappa shape index (κ3) is 2.88. The quantitative estimate of drug-likeness (QED) is 0.334. The van der Waals surface area contributed by atoms with Gasteiger partial charge in [-0.15, -0.1) is 0 Å². The van der Waals surface area contributed by atoms with Crippen molar-refractivity contribution in [1.82, 2.24) is 4.98 Å². The van der Waals surface area contributed by atoms with Crippen LogP contribution in [0.4, 0.5) is 0 Å². The van der Waals surface area contributed by atoms with Crippen molar-refractivity contribution in [3.05, 3.63) is 114 Å². The molecule has 5 aromatic rings. The van der Waals surface area contributed by atoms with Crippen molar-refractivity contribution in [3.63, 3.8) is 0 Å². The number of fused-ring (bicyclic) bond motifs is 2. The fraction of sp³-hybridized carbons (Fsp3) is 0.0385. The number of para-hydroxylation sites is 2. The lowest BCUT2D eigenvalue weighted by atomic mass is 9.90. The first-order valence-electron chi connectivity index (χ1n) is 9.30. The van der Waals surface area contributed by atoms with E-state index in [0.717, 1.165) is 17.5 Å². The first kappa shape index (κ1) is 15.8. The Morgan fingerprint density at radius 2 is 1.07 bits per heavy atom. The predicted molar refractivity (Wildman–Crippen MR) is 114 cm³/mol. The second kappa shape index (κ2) is 6.69. The van der Waals surface area contributed by atoms with Crippen molar-refractivity contribution in [1.29, 1.82) is 0 Å². The SMILES string of the molecule is c1ccc(Cc2ccccc2-c2c3ccccc3nc3ccccc23)cc1. The van der Waals surface area contributed by atoms with Crippen LogP contribution in [0.25, 0.3) is 32.9 Å². The van der Waals surface area contributed by atoms with Crippen LogP contribution in [0.5, 0.6) is 0 Å². The molecular formula is C26H19N. The molecule has 0 bridgehead atoms. The summed E-state index contributed by atoms with van der Waals surface area (Å²) in [5, 5.41) is 2.41. The molecule has 0 spiro atoms. The highest BCUT2D eigenvalue weighted by Crippen LogP contribution is 2.37. The van der Waals surface area contributed by atoms with E-state index in [4.69, 9.17) is 4.98 Å². The Kier molecular flexibility index (Phi) is 3.91. The molecule has 0 atom stereocenters. The van der Waals surface area contributed by atoms with Crippen LogP contribution in [0.15, 0.2) is 103 Å². The zero-order chi connectivity index (χ0) is 18.1. The Morgan fingerprint density at radius 3 is 1.78 bits per heavy atom. The molecule has 4 aromatic carbocycles. The molecule has 0 unspecified atom stereocenters. The third-order valence-electron chi connectivity index (χ3n) is 5.11. The molecule has 128 valence electrons. The average molecular weight is 345 g/mol. The average Bonchev–Trinajstić information content (AvgIpc) is 2.73. The molecular weight excluding hydrogens is 326 g/mol. The normalized spacial score (nSPS) is 11.1. The summed E-state index contributed by atoms with van der Waals surface area (Å²) in [7, 11) is 0. The lowest BCUT2D eigenvalue weighted by Gasteiger charge is -2.15. The van der Waals surface area contributed by atoms with Crippen molar-refractivity contribution < 1.29 is 0 Å². The highest BCUT2D eigenvalue weighted by Gasteiger charge is 2.13. The Labute approximate surface area is 158 Å². The first-order valence-corrected chi connectivity index (χ1v) is 9.30. The van der Waals surface area contributed by atoms with E-state index in [1.807, 2.05) is 0 Å². The monoisotopic (exact) mass is 345 g/mol. The molecule has 0 aliphatic carbocycles. The van der Waals surface area contributed by atoms with E-state index in [9.17, 15) is 0 Å². The largest absolute Gasteiger partial charge is 0.248 e. The number of nitrogens with zero attached hydrogens (tertiary/aromatic N) is 1. The number of benzene rings is 4. The van der Waals surface area contributed by atoms with Crippen LogP contribution in [-0.2, 0) is 6.42 Å². The molecule has 1 heterocycles. The number of rotatable bonds is 3. The van der Waals surface area contributed by atoms with E-state index >= 15 is 0 Å². The third-order valence-corrected chi connectivity index (χ3v) is 5.11. The molecule has 0 radical (unpaired) electrons. The molecule has 0 amide bonds. The minimum atomic E-state index is 0.919. The lowest BCUT2D eigenvalue weighted by Crippen LogP contribution is -1.95. The number of aromatic nitrogens is 1. The highest BCUT2D eigenvalue weighted by atomic mass is 14.7. The second-order valence-electron chi connectivity index (χ2n) is 6.84. The summed E-state index contributed by atoms with van der Waals surface area (Å²) < 4.78 is 0. The smallest absolute Gasteiger partial charge is 0.0715 e. The van der Waals surface area contributed by atoms with Crippen LogP contribution < -0.4 is 0 Å². The van der Waals surface area contributed by atoms with Crippen LogP contribution >= 0.6 is 0 Å². The Morgan fingerprint density at radius 1 is 0.519 bits per heavy atom. The van der Waals surface area contributed by atoms with E-state index in [1.54, 1.807) is 0 Å². The molecule has 1 nitrogen and oxygen atoms in total. The van der Waals surface area contributed by atoms with Gasteiger partial charge < -0.3 is 0 Å². The van der Waals surface area contributed by atoms with Crippen molar-refractivity contribution in [3.8, 4) is 11.1 Å². The summed E-state index contributed by atoms with van der Waals surface area (Å²) >= 11 is 0. The topological polar surface area (TPSA) is 12.9 Å². The summed E-state index contributed by atoms with van der Waals surface area (Å²) in [4.78, 5) is 4.88. The molecule has 0 saturated carbocycles. The van der Waals surface area contributed by atoms with E-state index < -0.39 is 0 Å². The maximum Gasteiger partial charge on any atom is 0.0715 e. The minimum absolute atomic E-state index is 0.919. The molecule has 0 saturated heterocycles. The zero-order valence-corrected chi connectivity index (χ0v) is 15.0. The van der Waals surface area contributed by atoms with Gasteiger partial charge in [-0.1, -0.05) is 91.0 Å². The number of hydrogen-bond acceptors (Lipinski definition) is 1. The molecule has 0 N–H and O–H groups in total. The summed E-state index contributed by atoms with van der Waals surface area (Å²) in [6.07, 6.45) is 0.919. The molecule has 0 aliphatic heterocycles. The highest BCUT2D eigenvalue weighted by molar-refractivity contribution is 6.09. The maximum absolute atomic E-state index is 4.88. The summed E-state index contributed by atoms with van der Waals surface area (Å²) in [6.45, 7) is 0. The van der Waals surface area contributed by atoms with E-state index in [-0.39, 0.29) is 0 Å². The fourth-order valence-electron chi connectivity index (χ4n) is 3.86. The minimum Gasteiger partial charge on any atom is -0.248 e. The Balaban J connectivity index is 1.81. The van der Waals surface area contributed by atoms with E-state index in [2.05, 4.69) is 103 Å². The lowest BCUT2D eigenvalue weighted by molar-refractivity contribution is 1.20. The van der Waals surface area contributed by atoms with Crippen LogP contribution in [0.1, 0.15) is 11.1 Å². The van der Waals surface area contributed by atoms with Crippen LogP contribution in [0.3, 0.4) is 0 Å². The first-order chi connectivity index (χ1) is 13.4. The summed E-state index contributed by atoms with van der Waals surface area (Å²) in [5.41, 5.74) is 7.32. The van der Waals surface area contributed by atoms with E-state index in [0.29, 0.717) is 0 Å². The van der Waals surface area contributed by atoms with Gasteiger partial charge >= 0.3 is 0 Å². The van der Waals surface area contributed by atoms with Crippen LogP contribution in [0.2, 0.25) is 0 Å². The van der Waals surface area contributed by atoms with Gasteiger partial charge in [0.1, 0.15) is 0 Å². The maximum atomic E-state index is 4.88. The molecule has 1 aromatic heterocycles. The standard InChI is InChI=1S/C26H19N/c1-2-10-19(11-3-1)18-20-12-4-5-13-21(20)26-22-14-6-8-16-24(22)27-25-17-9-7-15-23(25)26/h1-17H,18H2. The van der Waals surface area contributed by atoms with Crippen LogP contribution in [0, 0.1) is 0 Å². The fourth-order valence-corrected chi connectivity index (χ4v) is 3.86.